The maximum absolute atomic E-state index is 12.9. The van der Waals surface area contributed by atoms with E-state index in [-0.39, 0.29) is 22.0 Å². The number of nitrogens with zero attached hydrogens (tertiary/aromatic N) is 1. The normalized spacial score (nSPS) is 22.1. The molecule has 1 fully saturated rings. The first-order chi connectivity index (χ1) is 11.2. The van der Waals surface area contributed by atoms with Crippen molar-refractivity contribution in [1.29, 1.82) is 0 Å². The van der Waals surface area contributed by atoms with Crippen molar-refractivity contribution in [3.63, 3.8) is 0 Å². The fourth-order valence-electron chi connectivity index (χ4n) is 2.86. The Labute approximate surface area is 145 Å². The number of esters is 1. The number of halogens is 1. The highest BCUT2D eigenvalue weighted by Crippen LogP contribution is 2.31. The zero-order valence-corrected chi connectivity index (χ0v) is 14.8. The molecule has 0 aromatic heterocycles. The molecular weight excluding hydrogens is 358 g/mol. The number of methoxy groups -OCH3 is 1. The lowest BCUT2D eigenvalue weighted by atomic mass is 9.92. The van der Waals surface area contributed by atoms with Crippen molar-refractivity contribution in [2.75, 3.05) is 13.7 Å². The summed E-state index contributed by atoms with van der Waals surface area (Å²) in [6.07, 6.45) is 0.871. The van der Waals surface area contributed by atoms with Gasteiger partial charge in [-0.3, -0.25) is 4.79 Å². The van der Waals surface area contributed by atoms with Gasteiger partial charge in [0.1, 0.15) is 0 Å². The molecule has 1 aromatic carbocycles. The van der Waals surface area contributed by atoms with E-state index < -0.39 is 33.9 Å². The monoisotopic (exact) mass is 375 g/mol. The highest BCUT2D eigenvalue weighted by Gasteiger charge is 2.39. The Morgan fingerprint density at radius 3 is 2.58 bits per heavy atom. The van der Waals surface area contributed by atoms with Gasteiger partial charge in [-0.15, -0.1) is 0 Å². The van der Waals surface area contributed by atoms with E-state index in [0.29, 0.717) is 12.8 Å². The van der Waals surface area contributed by atoms with Gasteiger partial charge in [0.05, 0.1) is 23.5 Å². The molecule has 24 heavy (non-hydrogen) atoms. The van der Waals surface area contributed by atoms with Crippen molar-refractivity contribution in [3.05, 3.63) is 28.8 Å². The van der Waals surface area contributed by atoms with Crippen LogP contribution in [0, 0.1) is 5.92 Å². The number of rotatable bonds is 4. The van der Waals surface area contributed by atoms with Gasteiger partial charge >= 0.3 is 11.9 Å². The molecule has 9 heteroatoms. The predicted molar refractivity (Wildman–Crippen MR) is 86.5 cm³/mol. The van der Waals surface area contributed by atoms with Crippen molar-refractivity contribution in [3.8, 4) is 0 Å². The second-order valence-electron chi connectivity index (χ2n) is 5.61. The van der Waals surface area contributed by atoms with Crippen LogP contribution in [0.1, 0.15) is 30.1 Å². The van der Waals surface area contributed by atoms with Crippen LogP contribution in [-0.4, -0.2) is 49.5 Å². The Balaban J connectivity index is 2.45. The zero-order chi connectivity index (χ0) is 18.1. The molecule has 1 N–H and O–H groups in total. The van der Waals surface area contributed by atoms with Gasteiger partial charge in [-0.05, 0) is 38.0 Å². The van der Waals surface area contributed by atoms with Gasteiger partial charge in [-0.25, -0.2) is 13.2 Å². The summed E-state index contributed by atoms with van der Waals surface area (Å²) in [5, 5.41) is 9.33. The number of sulfonamides is 1. The number of piperidine rings is 1. The molecule has 0 radical (unpaired) electrons. The SMILES string of the molecule is COC(=O)c1cc(Cl)cc(S(=O)(=O)N2CCC[C@H](C(=O)O)[C@@H]2C)c1. The van der Waals surface area contributed by atoms with Crippen molar-refractivity contribution in [2.45, 2.75) is 30.7 Å². The molecular formula is C15H18ClNO6S. The summed E-state index contributed by atoms with van der Waals surface area (Å²) >= 11 is 5.93. The van der Waals surface area contributed by atoms with Gasteiger partial charge in [-0.2, -0.15) is 4.31 Å². The molecule has 0 bridgehead atoms. The summed E-state index contributed by atoms with van der Waals surface area (Å²) < 4.78 is 31.6. The molecule has 1 heterocycles. The Morgan fingerprint density at radius 1 is 1.33 bits per heavy atom. The summed E-state index contributed by atoms with van der Waals surface area (Å²) in [5.41, 5.74) is 0.0167. The molecule has 0 aliphatic carbocycles. The smallest absolute Gasteiger partial charge is 0.337 e. The van der Waals surface area contributed by atoms with E-state index in [0.717, 1.165) is 4.31 Å². The van der Waals surface area contributed by atoms with Crippen LogP contribution in [0.5, 0.6) is 0 Å². The molecule has 1 aromatic rings. The minimum absolute atomic E-state index is 0.0167. The second kappa shape index (κ2) is 7.08. The third-order valence-corrected chi connectivity index (χ3v) is 6.33. The largest absolute Gasteiger partial charge is 0.481 e. The first-order valence-electron chi connectivity index (χ1n) is 7.32. The average Bonchev–Trinajstić information content (AvgIpc) is 2.53. The molecule has 1 aliphatic rings. The maximum Gasteiger partial charge on any atom is 0.337 e. The Morgan fingerprint density at radius 2 is 2.00 bits per heavy atom. The number of hydrogen-bond acceptors (Lipinski definition) is 5. The fraction of sp³-hybridized carbons (Fsp3) is 0.467. The number of ether oxygens (including phenoxy) is 1. The minimum Gasteiger partial charge on any atom is -0.481 e. The quantitative estimate of drug-likeness (QED) is 0.808. The summed E-state index contributed by atoms with van der Waals surface area (Å²) in [5.74, 6) is -2.50. The highest BCUT2D eigenvalue weighted by molar-refractivity contribution is 7.89. The maximum atomic E-state index is 12.9. The van der Waals surface area contributed by atoms with Gasteiger partial charge < -0.3 is 9.84 Å². The van der Waals surface area contributed by atoms with Crippen LogP contribution in [0.4, 0.5) is 0 Å². The Kier molecular flexibility index (Phi) is 5.52. The van der Waals surface area contributed by atoms with E-state index in [1.807, 2.05) is 0 Å². The Bertz CT molecular complexity index is 763. The van der Waals surface area contributed by atoms with Crippen LogP contribution in [0.15, 0.2) is 23.1 Å². The molecule has 2 rings (SSSR count). The van der Waals surface area contributed by atoms with E-state index in [1.54, 1.807) is 6.92 Å². The first kappa shape index (κ1) is 18.7. The lowest BCUT2D eigenvalue weighted by Gasteiger charge is -2.36. The van der Waals surface area contributed by atoms with Crippen molar-refractivity contribution >= 4 is 33.6 Å². The molecule has 0 unspecified atom stereocenters. The fourth-order valence-corrected chi connectivity index (χ4v) is 4.94. The number of aliphatic carboxylic acids is 1. The van der Waals surface area contributed by atoms with Crippen molar-refractivity contribution in [1.82, 2.24) is 4.31 Å². The van der Waals surface area contributed by atoms with Gasteiger partial charge in [0.2, 0.25) is 10.0 Å². The van der Waals surface area contributed by atoms with E-state index in [1.165, 1.54) is 25.3 Å². The number of hydrogen-bond donors (Lipinski definition) is 1. The standard InChI is InChI=1S/C15H18ClNO6S/c1-9-13(14(18)19)4-3-5-17(9)24(21,22)12-7-10(15(20)23-2)6-11(16)8-12/h6-9,13H,3-5H2,1-2H3,(H,18,19)/t9-,13-/m0/s1. The van der Waals surface area contributed by atoms with Crippen molar-refractivity contribution in [2.24, 2.45) is 5.92 Å². The number of carboxylic acid groups (broad SMARTS) is 1. The number of carbonyl (C=O) groups excluding carboxylic acids is 1. The molecule has 0 amide bonds. The summed E-state index contributed by atoms with van der Waals surface area (Å²) in [4.78, 5) is 22.8. The van der Waals surface area contributed by atoms with Gasteiger partial charge in [-0.1, -0.05) is 11.6 Å². The molecule has 0 spiro atoms. The van der Waals surface area contributed by atoms with Crippen LogP contribution in [0.3, 0.4) is 0 Å². The molecule has 7 nitrogen and oxygen atoms in total. The van der Waals surface area contributed by atoms with E-state index >= 15 is 0 Å². The van der Waals surface area contributed by atoms with Gasteiger partial charge in [0.15, 0.2) is 0 Å². The van der Waals surface area contributed by atoms with Crippen LogP contribution in [0.25, 0.3) is 0 Å². The summed E-state index contributed by atoms with van der Waals surface area (Å²) in [6.45, 7) is 1.79. The molecule has 0 saturated carbocycles. The molecule has 2 atom stereocenters. The van der Waals surface area contributed by atoms with Crippen molar-refractivity contribution < 1.29 is 27.9 Å². The third kappa shape index (κ3) is 3.55. The third-order valence-electron chi connectivity index (χ3n) is 4.15. The van der Waals surface area contributed by atoms with Crippen LogP contribution < -0.4 is 0 Å². The Hall–Kier alpha value is -1.64. The molecule has 1 saturated heterocycles. The van der Waals surface area contributed by atoms with Crippen LogP contribution in [-0.2, 0) is 19.6 Å². The van der Waals surface area contributed by atoms with E-state index in [9.17, 15) is 23.1 Å². The highest BCUT2D eigenvalue weighted by atomic mass is 35.5. The predicted octanol–water partition coefficient (Wildman–Crippen LogP) is 2.00. The summed E-state index contributed by atoms with van der Waals surface area (Å²) in [7, 11) is -2.80. The zero-order valence-electron chi connectivity index (χ0n) is 13.2. The van der Waals surface area contributed by atoms with E-state index in [4.69, 9.17) is 11.6 Å². The lowest BCUT2D eigenvalue weighted by molar-refractivity contribution is -0.144. The molecule has 132 valence electrons. The van der Waals surface area contributed by atoms with Crippen LogP contribution in [0.2, 0.25) is 5.02 Å². The summed E-state index contributed by atoms with van der Waals surface area (Å²) in [6, 6.07) is 3.04. The van der Waals surface area contributed by atoms with E-state index in [2.05, 4.69) is 4.74 Å². The number of carboxylic acids is 1. The van der Waals surface area contributed by atoms with Gasteiger partial charge in [0.25, 0.3) is 0 Å². The van der Waals surface area contributed by atoms with Gasteiger partial charge in [0, 0.05) is 17.6 Å². The number of carbonyl (C=O) groups is 2. The topological polar surface area (TPSA) is 101 Å². The lowest BCUT2D eigenvalue weighted by Crippen LogP contribution is -2.49. The second-order valence-corrected chi connectivity index (χ2v) is 7.94. The first-order valence-corrected chi connectivity index (χ1v) is 9.14. The van der Waals surface area contributed by atoms with Crippen LogP contribution >= 0.6 is 11.6 Å². The molecule has 1 aliphatic heterocycles. The number of benzene rings is 1. The minimum atomic E-state index is -3.99. The average molecular weight is 376 g/mol.